The van der Waals surface area contributed by atoms with Gasteiger partial charge in [-0.05, 0) is 175 Å². The molecular weight excluding hydrogens is 856 g/mol. The Bertz CT molecular complexity index is 2070. The summed E-state index contributed by atoms with van der Waals surface area (Å²) in [6, 6.07) is 4.93. The van der Waals surface area contributed by atoms with Crippen LogP contribution in [0.2, 0.25) is 39.3 Å². The lowest BCUT2D eigenvalue weighted by Crippen LogP contribution is -2.74. The average molecular weight is 928 g/mol. The van der Waals surface area contributed by atoms with Crippen LogP contribution in [0.3, 0.4) is 0 Å². The minimum Gasteiger partial charge on any atom is -0.398 e. The zero-order valence-electron chi connectivity index (χ0n) is 38.8. The van der Waals surface area contributed by atoms with E-state index >= 15 is 0 Å². The van der Waals surface area contributed by atoms with E-state index < -0.39 is 68.3 Å². The summed E-state index contributed by atoms with van der Waals surface area (Å²) in [7, 11) is -9.53. The van der Waals surface area contributed by atoms with Gasteiger partial charge < -0.3 is 19.7 Å². The molecule has 3 N–H and O–H groups in total. The van der Waals surface area contributed by atoms with Crippen molar-refractivity contribution in [2.24, 2.45) is 57.2 Å². The van der Waals surface area contributed by atoms with Crippen molar-refractivity contribution in [2.45, 2.75) is 179 Å². The second-order valence-electron chi connectivity index (χ2n) is 24.0. The van der Waals surface area contributed by atoms with E-state index in [2.05, 4.69) is 32.9 Å². The van der Waals surface area contributed by atoms with Crippen LogP contribution >= 0.6 is 11.6 Å². The summed E-state index contributed by atoms with van der Waals surface area (Å²) in [6.07, 6.45) is 11.3. The third kappa shape index (κ3) is 6.27. The highest BCUT2D eigenvalue weighted by Crippen LogP contribution is 2.73. The van der Waals surface area contributed by atoms with Crippen molar-refractivity contribution in [3.05, 3.63) is 23.3 Å². The second-order valence-corrected chi connectivity index (χ2v) is 36.9. The summed E-state index contributed by atoms with van der Waals surface area (Å²) < 4.78 is 20.2. The lowest BCUT2D eigenvalue weighted by Gasteiger charge is -2.67. The summed E-state index contributed by atoms with van der Waals surface area (Å²) in [6.45, 7) is 20.3. The van der Waals surface area contributed by atoms with Gasteiger partial charge in [0.05, 0.1) is 22.6 Å². The third-order valence-electron chi connectivity index (χ3n) is 19.8. The Morgan fingerprint density at radius 3 is 1.58 bits per heavy atom. The van der Waals surface area contributed by atoms with Crippen molar-refractivity contribution in [3.63, 3.8) is 0 Å². The summed E-state index contributed by atoms with van der Waals surface area (Å²) in [5.41, 5.74) is -2.97. The molecule has 0 aromatic heterocycles. The molecule has 11 nitrogen and oxygen atoms in total. The molecule has 0 bridgehead atoms. The third-order valence-corrected chi connectivity index (χ3v) is 29.4. The van der Waals surface area contributed by atoms with E-state index in [4.69, 9.17) is 30.2 Å². The maximum Gasteiger partial charge on any atom is 0.268 e. The highest BCUT2D eigenvalue weighted by atomic mass is 35.5. The number of hydrogen-bond donors (Lipinski definition) is 3. The molecule has 0 aliphatic heterocycles. The molecule has 6 fully saturated rings. The van der Waals surface area contributed by atoms with E-state index in [1.807, 2.05) is 52.3 Å². The molecule has 0 radical (unpaired) electrons. The number of allylic oxidation sites excluding steroid dienone is 2. The van der Waals surface area contributed by atoms with Crippen molar-refractivity contribution >= 4 is 48.1 Å². The number of nitriles is 2. The molecule has 0 amide bonds. The largest absolute Gasteiger partial charge is 0.398 e. The first-order valence-corrected chi connectivity index (χ1v) is 32.9. The molecule has 0 aromatic rings. The minimum absolute atomic E-state index is 0.00378. The predicted octanol–water partition coefficient (Wildman–Crippen LogP) is 8.62. The topological polar surface area (TPSA) is 179 Å². The Kier molecular flexibility index (Phi) is 11.2. The van der Waals surface area contributed by atoms with E-state index in [9.17, 15) is 35.4 Å². The molecular formula is C47H71ClN2O9Si3. The van der Waals surface area contributed by atoms with Gasteiger partial charge in [0, 0.05) is 29.2 Å². The first-order chi connectivity index (χ1) is 28.6. The number of halogens is 1. The molecule has 0 heterocycles. The Balaban J connectivity index is 1.16. The number of rotatable bonds is 9. The van der Waals surface area contributed by atoms with Crippen molar-refractivity contribution in [2.75, 3.05) is 5.50 Å². The molecule has 0 spiro atoms. The van der Waals surface area contributed by atoms with Gasteiger partial charge >= 0.3 is 0 Å². The fourth-order valence-electron chi connectivity index (χ4n) is 16.3. The Labute approximate surface area is 377 Å². The summed E-state index contributed by atoms with van der Waals surface area (Å²) in [5, 5.41) is 64.3. The van der Waals surface area contributed by atoms with Crippen LogP contribution in [0.1, 0.15) is 118 Å². The van der Waals surface area contributed by atoms with Crippen LogP contribution < -0.4 is 0 Å². The Morgan fingerprint density at radius 2 is 1.13 bits per heavy atom. The van der Waals surface area contributed by atoms with Gasteiger partial charge in [0.1, 0.15) is 5.60 Å². The molecule has 6 saturated carbocycles. The monoisotopic (exact) mass is 926 g/mol. The zero-order chi connectivity index (χ0) is 45.5. The first kappa shape index (κ1) is 47.0. The maximum absolute atomic E-state index is 13.9. The van der Waals surface area contributed by atoms with Gasteiger partial charge in [-0.15, -0.1) is 11.6 Å². The zero-order valence-corrected chi connectivity index (χ0v) is 42.5. The molecule has 0 aromatic carbocycles. The SMILES string of the molecule is C[C@]12CCC(=O)C=C1CCC1C3CC[C@](O)(C#N)[C@@]3(C)C[C@@](O)([Si](C)(C)OOO[Si](C)(C)[C@]3(O)C[C@@]4(C)C(CC[C@@]4(C#N)O[Si](C)(C)CCl)C4CCC5=CC(=O)CC[C@]5(C)C43)C12. The fourth-order valence-corrected chi connectivity index (χ4v) is 22.7. The standard InChI is InChI=1S/C47H71ClN2O9Si3/c1-40-19-15-32(51)23-30(40)11-13-34-36-17-21-44(53,27-49)42(36,3)25-46(54,38(34)40)61(7,8)58-57-59-62(9,10)47(55)26-43(4)37(18-22-45(43,28-50)56-60(5,6)29-48)35-14-12-31-24-33(52)16-20-41(31,2)39(35)47/h23-24,34-39,53-55H,11-22,25-26,29H2,1-10H3/t34?,35?,36?,37?,38?,39?,40-,41-,42-,43-,44-,45-,46+,47+/m0/s1. The molecule has 8 aliphatic rings. The number of carbonyl (C=O) groups excluding carboxylic acids is 2. The van der Waals surface area contributed by atoms with E-state index in [0.29, 0.717) is 50.4 Å². The van der Waals surface area contributed by atoms with Crippen LogP contribution in [0.15, 0.2) is 23.3 Å². The predicted molar refractivity (Wildman–Crippen MR) is 240 cm³/mol. The van der Waals surface area contributed by atoms with Gasteiger partial charge in [-0.3, -0.25) is 18.7 Å². The summed E-state index contributed by atoms with van der Waals surface area (Å²) in [4.78, 5) is 25.7. The van der Waals surface area contributed by atoms with Crippen molar-refractivity contribution in [3.8, 4) is 12.1 Å². The van der Waals surface area contributed by atoms with Crippen LogP contribution in [0.5, 0.6) is 0 Å². The lowest BCUT2D eigenvalue weighted by atomic mass is 9.45. The quantitative estimate of drug-likeness (QED) is 0.0663. The number of nitrogens with zero attached hydrogens (tertiary/aromatic N) is 2. The van der Waals surface area contributed by atoms with Crippen LogP contribution in [0.4, 0.5) is 0 Å². The van der Waals surface area contributed by atoms with Crippen molar-refractivity contribution in [1.82, 2.24) is 0 Å². The molecule has 15 heteroatoms. The minimum atomic E-state index is -3.52. The lowest BCUT2D eigenvalue weighted by molar-refractivity contribution is -0.437. The van der Waals surface area contributed by atoms with Crippen molar-refractivity contribution in [1.29, 1.82) is 10.5 Å². The van der Waals surface area contributed by atoms with Gasteiger partial charge in [-0.25, -0.2) is 0 Å². The fraction of sp³-hybridized carbons (Fsp3) is 0.830. The number of aliphatic hydroxyl groups is 3. The average Bonchev–Trinajstić information content (AvgIpc) is 3.62. The van der Waals surface area contributed by atoms with E-state index in [-0.39, 0.29) is 59.9 Å². The highest BCUT2D eigenvalue weighted by molar-refractivity contribution is 6.78. The molecule has 8 rings (SSSR count). The molecule has 0 saturated heterocycles. The number of alkyl halides is 1. The van der Waals surface area contributed by atoms with Gasteiger partial charge in [0.15, 0.2) is 17.2 Å². The smallest absolute Gasteiger partial charge is 0.268 e. The first-order valence-electron chi connectivity index (χ1n) is 23.4. The second kappa shape index (κ2) is 14.7. The van der Waals surface area contributed by atoms with Gasteiger partial charge in [0.2, 0.25) is 8.32 Å². The van der Waals surface area contributed by atoms with E-state index in [1.165, 1.54) is 0 Å². The molecule has 8 aliphatic carbocycles. The number of ketones is 2. The van der Waals surface area contributed by atoms with Crippen LogP contribution in [0, 0.1) is 79.8 Å². The normalized spacial score (nSPS) is 47.7. The van der Waals surface area contributed by atoms with Crippen LogP contribution in [-0.2, 0) is 28.2 Å². The molecule has 342 valence electrons. The van der Waals surface area contributed by atoms with Crippen LogP contribution in [-0.4, -0.2) is 79.0 Å². The molecule has 62 heavy (non-hydrogen) atoms. The summed E-state index contributed by atoms with van der Waals surface area (Å²) >= 11 is 6.50. The number of carbonyl (C=O) groups is 2. The number of fused-ring (bicyclic) bond motifs is 10. The molecule has 6 unspecified atom stereocenters. The van der Waals surface area contributed by atoms with Gasteiger partial charge in [-0.1, -0.05) is 43.9 Å². The highest BCUT2D eigenvalue weighted by Gasteiger charge is 2.77. The molecule has 14 atom stereocenters. The van der Waals surface area contributed by atoms with E-state index in [1.54, 1.807) is 6.08 Å². The van der Waals surface area contributed by atoms with Crippen LogP contribution in [0.25, 0.3) is 0 Å². The van der Waals surface area contributed by atoms with Gasteiger partial charge in [0.25, 0.3) is 16.6 Å². The Morgan fingerprint density at radius 1 is 0.677 bits per heavy atom. The van der Waals surface area contributed by atoms with Crippen molar-refractivity contribution < 1.29 is 43.5 Å². The summed E-state index contributed by atoms with van der Waals surface area (Å²) in [5.74, 6) is -0.302. The maximum atomic E-state index is 13.9. The van der Waals surface area contributed by atoms with E-state index in [0.717, 1.165) is 43.3 Å². The van der Waals surface area contributed by atoms with Gasteiger partial charge in [-0.2, -0.15) is 10.5 Å². The number of hydrogen-bond acceptors (Lipinski definition) is 11. The Hall–Kier alpha value is -1.54.